The van der Waals surface area contributed by atoms with Crippen molar-refractivity contribution >= 4 is 17.8 Å². The number of amides is 4. The normalized spacial score (nSPS) is 25.5. The van der Waals surface area contributed by atoms with E-state index in [0.717, 1.165) is 62.3 Å². The topological polar surface area (TPSA) is 85.8 Å². The highest BCUT2D eigenvalue weighted by Gasteiger charge is 2.56. The minimum absolute atomic E-state index is 0.138. The van der Waals surface area contributed by atoms with Crippen LogP contribution in [-0.4, -0.2) is 82.3 Å². The first kappa shape index (κ1) is 20.8. The number of carbonyl (C=O) groups excluding carboxylic acids is 3. The summed E-state index contributed by atoms with van der Waals surface area (Å²) < 4.78 is 0. The molecule has 3 heterocycles. The second-order valence-corrected chi connectivity index (χ2v) is 8.95. The molecule has 1 aliphatic carbocycles. The minimum atomic E-state index is -0.838. The second kappa shape index (κ2) is 8.34. The molecule has 0 radical (unpaired) electrons. The zero-order chi connectivity index (χ0) is 21.3. The van der Waals surface area contributed by atoms with Crippen molar-refractivity contribution in [3.05, 3.63) is 30.1 Å². The van der Waals surface area contributed by atoms with Crippen LogP contribution in [0.15, 0.2) is 24.4 Å². The number of likely N-dealkylation sites (N-methyl/N-ethyl adjacent to an activating group) is 1. The first-order valence-electron chi connectivity index (χ1n) is 10.9. The third-order valence-corrected chi connectivity index (χ3v) is 6.90. The van der Waals surface area contributed by atoms with E-state index >= 15 is 0 Å². The highest BCUT2D eigenvalue weighted by atomic mass is 16.2. The van der Waals surface area contributed by atoms with Crippen LogP contribution in [0.25, 0.3) is 0 Å². The van der Waals surface area contributed by atoms with Crippen LogP contribution < -0.4 is 5.32 Å². The van der Waals surface area contributed by atoms with E-state index in [1.54, 1.807) is 18.9 Å². The van der Waals surface area contributed by atoms with Crippen LogP contribution in [-0.2, 0) is 16.0 Å². The average molecular weight is 414 g/mol. The zero-order valence-corrected chi connectivity index (χ0v) is 17.8. The van der Waals surface area contributed by atoms with Crippen molar-refractivity contribution in [1.82, 2.24) is 25.0 Å². The van der Waals surface area contributed by atoms with Crippen molar-refractivity contribution in [2.75, 3.05) is 33.2 Å². The summed E-state index contributed by atoms with van der Waals surface area (Å²) in [6.45, 7) is 4.42. The molecule has 1 aromatic rings. The van der Waals surface area contributed by atoms with E-state index in [4.69, 9.17) is 0 Å². The van der Waals surface area contributed by atoms with E-state index in [2.05, 4.69) is 15.2 Å². The molecule has 0 aromatic carbocycles. The molecule has 0 spiro atoms. The molecule has 1 unspecified atom stereocenters. The summed E-state index contributed by atoms with van der Waals surface area (Å²) in [5.41, 5.74) is 0.258. The Morgan fingerprint density at radius 2 is 1.97 bits per heavy atom. The standard InChI is InChI=1S/C22H31N5O3/c1-22(16-6-7-16)20(29)27(21(30)24-22)15-19(28)25(2)18-9-13-26(14-10-18)12-8-17-5-3-4-11-23-17/h3-5,11,16,18H,6-10,12-15H2,1-2H3,(H,24,30). The number of piperidine rings is 1. The second-order valence-electron chi connectivity index (χ2n) is 8.95. The van der Waals surface area contributed by atoms with Gasteiger partial charge < -0.3 is 15.1 Å². The van der Waals surface area contributed by atoms with Crippen molar-refractivity contribution in [3.8, 4) is 0 Å². The van der Waals surface area contributed by atoms with Crippen molar-refractivity contribution in [2.24, 2.45) is 5.92 Å². The quantitative estimate of drug-likeness (QED) is 0.681. The summed E-state index contributed by atoms with van der Waals surface area (Å²) >= 11 is 0. The Bertz CT molecular complexity index is 804. The highest BCUT2D eigenvalue weighted by molar-refractivity contribution is 6.09. The first-order valence-corrected chi connectivity index (χ1v) is 10.9. The maximum Gasteiger partial charge on any atom is 0.325 e. The summed E-state index contributed by atoms with van der Waals surface area (Å²) in [6.07, 6.45) is 6.42. The lowest BCUT2D eigenvalue weighted by atomic mass is 9.96. The van der Waals surface area contributed by atoms with Gasteiger partial charge in [-0.15, -0.1) is 0 Å². The molecule has 1 aromatic heterocycles. The van der Waals surface area contributed by atoms with E-state index in [-0.39, 0.29) is 30.3 Å². The van der Waals surface area contributed by atoms with Gasteiger partial charge in [-0.1, -0.05) is 6.07 Å². The fourth-order valence-electron chi connectivity index (χ4n) is 4.60. The Balaban J connectivity index is 1.25. The molecule has 1 N–H and O–H groups in total. The number of nitrogens with zero attached hydrogens (tertiary/aromatic N) is 4. The third-order valence-electron chi connectivity index (χ3n) is 6.90. The maximum atomic E-state index is 12.8. The van der Waals surface area contributed by atoms with Gasteiger partial charge in [0.15, 0.2) is 0 Å². The molecule has 2 aliphatic heterocycles. The maximum absolute atomic E-state index is 12.8. The molecule has 8 heteroatoms. The molecule has 4 rings (SSSR count). The molecule has 1 atom stereocenters. The number of aromatic nitrogens is 1. The van der Waals surface area contributed by atoms with Gasteiger partial charge in [-0.3, -0.25) is 19.5 Å². The monoisotopic (exact) mass is 413 g/mol. The summed E-state index contributed by atoms with van der Waals surface area (Å²) in [5.74, 6) is -0.242. The van der Waals surface area contributed by atoms with E-state index in [9.17, 15) is 14.4 Å². The van der Waals surface area contributed by atoms with Crippen LogP contribution in [0.3, 0.4) is 0 Å². The first-order chi connectivity index (χ1) is 14.4. The van der Waals surface area contributed by atoms with Gasteiger partial charge in [0.2, 0.25) is 5.91 Å². The Kier molecular flexibility index (Phi) is 5.77. The Hall–Kier alpha value is -2.48. The smallest absolute Gasteiger partial charge is 0.325 e. The van der Waals surface area contributed by atoms with Crippen molar-refractivity contribution in [2.45, 2.75) is 50.6 Å². The lowest BCUT2D eigenvalue weighted by Crippen LogP contribution is -2.50. The average Bonchev–Trinajstić information content (AvgIpc) is 3.59. The molecule has 1 saturated carbocycles. The predicted molar refractivity (Wildman–Crippen MR) is 112 cm³/mol. The molecule has 4 amide bonds. The summed E-state index contributed by atoms with van der Waals surface area (Å²) in [6, 6.07) is 5.67. The zero-order valence-electron chi connectivity index (χ0n) is 17.8. The number of pyridine rings is 1. The van der Waals surface area contributed by atoms with Gasteiger partial charge in [-0.05, 0) is 50.7 Å². The van der Waals surface area contributed by atoms with Gasteiger partial charge in [-0.2, -0.15) is 0 Å². The number of carbonyl (C=O) groups is 3. The number of imide groups is 1. The molecule has 2 saturated heterocycles. The molecule has 3 aliphatic rings. The molecule has 0 bridgehead atoms. The fourth-order valence-corrected chi connectivity index (χ4v) is 4.60. The largest absolute Gasteiger partial charge is 0.341 e. The number of nitrogens with one attached hydrogen (secondary N) is 1. The number of rotatable bonds is 7. The lowest BCUT2D eigenvalue weighted by molar-refractivity contribution is -0.140. The van der Waals surface area contributed by atoms with Crippen LogP contribution >= 0.6 is 0 Å². The van der Waals surface area contributed by atoms with Crippen LogP contribution in [0.2, 0.25) is 0 Å². The molecule has 3 fully saturated rings. The van der Waals surface area contributed by atoms with E-state index in [1.165, 1.54) is 0 Å². The van der Waals surface area contributed by atoms with Crippen molar-refractivity contribution in [3.63, 3.8) is 0 Å². The van der Waals surface area contributed by atoms with Crippen LogP contribution in [0.4, 0.5) is 4.79 Å². The van der Waals surface area contributed by atoms with Gasteiger partial charge in [0.05, 0.1) is 0 Å². The van der Waals surface area contributed by atoms with E-state index in [0.29, 0.717) is 0 Å². The number of urea groups is 1. The van der Waals surface area contributed by atoms with Crippen LogP contribution in [0.5, 0.6) is 0 Å². The third kappa shape index (κ3) is 4.19. The molecule has 162 valence electrons. The summed E-state index contributed by atoms with van der Waals surface area (Å²) in [5, 5.41) is 2.80. The number of hydrogen-bond acceptors (Lipinski definition) is 5. The molecular formula is C22H31N5O3. The van der Waals surface area contributed by atoms with Crippen molar-refractivity contribution in [1.29, 1.82) is 0 Å². The number of hydrogen-bond donors (Lipinski definition) is 1. The lowest BCUT2D eigenvalue weighted by Gasteiger charge is -2.37. The van der Waals surface area contributed by atoms with Gasteiger partial charge >= 0.3 is 6.03 Å². The summed E-state index contributed by atoms with van der Waals surface area (Å²) in [4.78, 5) is 47.5. The highest BCUT2D eigenvalue weighted by Crippen LogP contribution is 2.42. The van der Waals surface area contributed by atoms with Gasteiger partial charge in [-0.25, -0.2) is 4.79 Å². The number of likely N-dealkylation sites (tertiary alicyclic amines) is 1. The molecular weight excluding hydrogens is 382 g/mol. The molecule has 30 heavy (non-hydrogen) atoms. The van der Waals surface area contributed by atoms with E-state index < -0.39 is 11.6 Å². The van der Waals surface area contributed by atoms with Gasteiger partial charge in [0, 0.05) is 51.0 Å². The SMILES string of the molecule is CN(C(=O)CN1C(=O)NC(C)(C2CC2)C1=O)C1CCN(CCc2ccccn2)CC1. The Labute approximate surface area is 177 Å². The van der Waals surface area contributed by atoms with Gasteiger partial charge in [0.1, 0.15) is 12.1 Å². The minimum Gasteiger partial charge on any atom is -0.341 e. The fraction of sp³-hybridized carbons (Fsp3) is 0.636. The predicted octanol–water partition coefficient (Wildman–Crippen LogP) is 1.27. The summed E-state index contributed by atoms with van der Waals surface area (Å²) in [7, 11) is 1.79. The Morgan fingerprint density at radius 1 is 1.23 bits per heavy atom. The molecule has 8 nitrogen and oxygen atoms in total. The van der Waals surface area contributed by atoms with Crippen LogP contribution in [0.1, 0.15) is 38.3 Å². The van der Waals surface area contributed by atoms with E-state index in [1.807, 2.05) is 24.4 Å². The van der Waals surface area contributed by atoms with Crippen LogP contribution in [0, 0.1) is 5.92 Å². The van der Waals surface area contributed by atoms with Gasteiger partial charge in [0.25, 0.3) is 5.91 Å². The Morgan fingerprint density at radius 3 is 2.60 bits per heavy atom. The van der Waals surface area contributed by atoms with Crippen molar-refractivity contribution < 1.29 is 14.4 Å².